The van der Waals surface area contributed by atoms with E-state index in [1.54, 1.807) is 24.3 Å². The van der Waals surface area contributed by atoms with Gasteiger partial charge in [-0.3, -0.25) is 0 Å². The highest BCUT2D eigenvalue weighted by molar-refractivity contribution is 5.73. The van der Waals surface area contributed by atoms with E-state index < -0.39 is 30.9 Å². The number of hydrogen-bond donors (Lipinski definition) is 4. The molecule has 0 aromatic heterocycles. The zero-order chi connectivity index (χ0) is 13.5. The number of ether oxygens (including phenoxy) is 1. The fourth-order valence-electron chi connectivity index (χ4n) is 1.39. The Labute approximate surface area is 104 Å². The predicted octanol–water partition coefficient (Wildman–Crippen LogP) is -0.629. The smallest absolute Gasteiger partial charge is 0.335 e. The Morgan fingerprint density at radius 3 is 2.33 bits per heavy atom. The number of aliphatic carboxylic acids is 1. The number of carbonyl (C=O) groups is 1. The molecule has 1 rings (SSSR count). The summed E-state index contributed by atoms with van der Waals surface area (Å²) in [5.41, 5.74) is 0.745. The molecular formula is C12H16O6. The summed E-state index contributed by atoms with van der Waals surface area (Å²) >= 11 is 0. The number of aliphatic hydroxyl groups excluding tert-OH is 3. The van der Waals surface area contributed by atoms with Crippen LogP contribution >= 0.6 is 0 Å². The van der Waals surface area contributed by atoms with Gasteiger partial charge in [0.1, 0.15) is 12.2 Å². The summed E-state index contributed by atoms with van der Waals surface area (Å²) in [5, 5.41) is 36.3. The second-order valence-corrected chi connectivity index (χ2v) is 3.80. The first-order chi connectivity index (χ1) is 8.56. The number of hydrogen-bond acceptors (Lipinski definition) is 5. The van der Waals surface area contributed by atoms with Gasteiger partial charge in [0.15, 0.2) is 6.10 Å². The number of carboxylic acids is 1. The van der Waals surface area contributed by atoms with Gasteiger partial charge in [0.25, 0.3) is 0 Å². The Balaban J connectivity index is 2.61. The molecule has 0 bridgehead atoms. The molecule has 0 amide bonds. The molecule has 1 aromatic carbocycles. The molecule has 0 saturated heterocycles. The van der Waals surface area contributed by atoms with Gasteiger partial charge >= 0.3 is 5.97 Å². The summed E-state index contributed by atoms with van der Waals surface area (Å²) < 4.78 is 5.05. The summed E-state index contributed by atoms with van der Waals surface area (Å²) in [4.78, 5) is 10.9. The second-order valence-electron chi connectivity index (χ2n) is 3.80. The Morgan fingerprint density at radius 2 is 1.83 bits per heavy atom. The molecule has 0 heterocycles. The molecule has 1 unspecified atom stereocenters. The lowest BCUT2D eigenvalue weighted by molar-refractivity contribution is -0.168. The molecule has 0 radical (unpaired) electrons. The third kappa shape index (κ3) is 4.08. The van der Waals surface area contributed by atoms with Gasteiger partial charge in [-0.2, -0.15) is 0 Å². The van der Waals surface area contributed by atoms with E-state index in [9.17, 15) is 15.0 Å². The van der Waals surface area contributed by atoms with E-state index in [4.69, 9.17) is 14.9 Å². The van der Waals surface area contributed by atoms with E-state index in [-0.39, 0.29) is 6.61 Å². The second kappa shape index (κ2) is 7.07. The fourth-order valence-corrected chi connectivity index (χ4v) is 1.39. The van der Waals surface area contributed by atoms with E-state index in [0.717, 1.165) is 5.56 Å². The van der Waals surface area contributed by atoms with Crippen molar-refractivity contribution in [3.05, 3.63) is 35.9 Å². The highest BCUT2D eigenvalue weighted by Crippen LogP contribution is 2.09. The van der Waals surface area contributed by atoms with Gasteiger partial charge in [0.2, 0.25) is 0 Å². The molecule has 0 aliphatic carbocycles. The normalized spacial score (nSPS) is 15.9. The Hall–Kier alpha value is -1.47. The van der Waals surface area contributed by atoms with Crippen molar-refractivity contribution < 1.29 is 30.0 Å². The first kappa shape index (κ1) is 14.6. The molecule has 0 saturated carbocycles. The van der Waals surface area contributed by atoms with Crippen LogP contribution < -0.4 is 0 Å². The lowest BCUT2D eigenvalue weighted by Gasteiger charge is -2.22. The maximum absolute atomic E-state index is 10.9. The molecule has 6 heteroatoms. The van der Waals surface area contributed by atoms with E-state index in [2.05, 4.69) is 0 Å². The largest absolute Gasteiger partial charge is 0.479 e. The van der Waals surface area contributed by atoms with Crippen LogP contribution in [0, 0.1) is 0 Å². The maximum atomic E-state index is 10.9. The average Bonchev–Trinajstić information content (AvgIpc) is 2.38. The maximum Gasteiger partial charge on any atom is 0.335 e. The molecule has 4 N–H and O–H groups in total. The highest BCUT2D eigenvalue weighted by atomic mass is 16.5. The quantitative estimate of drug-likeness (QED) is 0.517. The zero-order valence-electron chi connectivity index (χ0n) is 9.64. The van der Waals surface area contributed by atoms with Crippen molar-refractivity contribution in [1.29, 1.82) is 0 Å². The lowest BCUT2D eigenvalue weighted by atomic mass is 10.1. The molecule has 0 fully saturated rings. The van der Waals surface area contributed by atoms with Crippen LogP contribution in [0.3, 0.4) is 0 Å². The summed E-state index contributed by atoms with van der Waals surface area (Å²) in [7, 11) is 0. The van der Waals surface area contributed by atoms with Crippen molar-refractivity contribution >= 4 is 5.97 Å². The average molecular weight is 256 g/mol. The van der Waals surface area contributed by atoms with Crippen LogP contribution in [0.2, 0.25) is 0 Å². The van der Waals surface area contributed by atoms with Crippen LogP contribution in [-0.2, 0) is 16.1 Å². The van der Waals surface area contributed by atoms with Crippen molar-refractivity contribution in [3.63, 3.8) is 0 Å². The molecule has 0 spiro atoms. The van der Waals surface area contributed by atoms with E-state index in [1.807, 2.05) is 6.07 Å². The van der Waals surface area contributed by atoms with Crippen LogP contribution in [0.25, 0.3) is 0 Å². The number of carboxylic acid groups (broad SMARTS) is 1. The van der Waals surface area contributed by atoms with Crippen LogP contribution in [0.5, 0.6) is 0 Å². The van der Waals surface area contributed by atoms with E-state index in [0.29, 0.717) is 0 Å². The summed E-state index contributed by atoms with van der Waals surface area (Å²) in [6.45, 7) is -0.743. The first-order valence-electron chi connectivity index (χ1n) is 5.41. The van der Waals surface area contributed by atoms with Gasteiger partial charge < -0.3 is 25.2 Å². The van der Waals surface area contributed by atoms with Crippen LogP contribution in [0.15, 0.2) is 30.3 Å². The van der Waals surface area contributed by atoms with Crippen molar-refractivity contribution in [2.45, 2.75) is 24.9 Å². The molecule has 0 aliphatic heterocycles. The van der Waals surface area contributed by atoms with Crippen LogP contribution in [0.4, 0.5) is 0 Å². The molecule has 100 valence electrons. The molecule has 3 atom stereocenters. The third-order valence-corrected chi connectivity index (χ3v) is 2.41. The van der Waals surface area contributed by atoms with E-state index in [1.165, 1.54) is 0 Å². The molecule has 18 heavy (non-hydrogen) atoms. The number of aliphatic hydroxyl groups is 3. The topological polar surface area (TPSA) is 107 Å². The number of rotatable bonds is 7. The van der Waals surface area contributed by atoms with Gasteiger partial charge in [-0.1, -0.05) is 30.3 Å². The van der Waals surface area contributed by atoms with Crippen molar-refractivity contribution in [3.8, 4) is 0 Å². The van der Waals surface area contributed by atoms with Gasteiger partial charge in [-0.15, -0.1) is 0 Å². The Kier molecular flexibility index (Phi) is 5.73. The van der Waals surface area contributed by atoms with Gasteiger partial charge in [-0.05, 0) is 5.56 Å². The number of benzene rings is 1. The Morgan fingerprint density at radius 1 is 1.22 bits per heavy atom. The molecular weight excluding hydrogens is 240 g/mol. The van der Waals surface area contributed by atoms with Gasteiger partial charge in [0, 0.05) is 0 Å². The minimum absolute atomic E-state index is 0.00693. The third-order valence-electron chi connectivity index (χ3n) is 2.41. The van der Waals surface area contributed by atoms with Crippen LogP contribution in [0.1, 0.15) is 5.56 Å². The standard InChI is InChI=1S/C12H16O6/c13-6-9(14)10(15)11(12(16)17)18-7-8-4-2-1-3-5-8/h1-5,9-11,13-15H,6-7H2,(H,16,17)/t9?,10-,11+/m0/s1. The fraction of sp³-hybridized carbons (Fsp3) is 0.417. The van der Waals surface area contributed by atoms with Crippen molar-refractivity contribution in [2.75, 3.05) is 6.61 Å². The summed E-state index contributed by atoms with van der Waals surface area (Å²) in [5.74, 6) is -1.40. The zero-order valence-corrected chi connectivity index (χ0v) is 9.64. The highest BCUT2D eigenvalue weighted by Gasteiger charge is 2.32. The Bertz CT molecular complexity index is 366. The molecule has 6 nitrogen and oxygen atoms in total. The monoisotopic (exact) mass is 256 g/mol. The first-order valence-corrected chi connectivity index (χ1v) is 5.41. The van der Waals surface area contributed by atoms with Gasteiger partial charge in [-0.25, -0.2) is 4.79 Å². The lowest BCUT2D eigenvalue weighted by Crippen LogP contribution is -2.45. The molecule has 0 aliphatic rings. The van der Waals surface area contributed by atoms with Gasteiger partial charge in [0.05, 0.1) is 13.2 Å². The predicted molar refractivity (Wildman–Crippen MR) is 61.8 cm³/mol. The van der Waals surface area contributed by atoms with E-state index >= 15 is 0 Å². The van der Waals surface area contributed by atoms with Crippen molar-refractivity contribution in [1.82, 2.24) is 0 Å². The molecule has 1 aromatic rings. The summed E-state index contributed by atoms with van der Waals surface area (Å²) in [6.07, 6.45) is -4.83. The summed E-state index contributed by atoms with van der Waals surface area (Å²) in [6, 6.07) is 8.84. The van der Waals surface area contributed by atoms with Crippen LogP contribution in [-0.4, -0.2) is 51.3 Å². The SMILES string of the molecule is O=C(O)[C@H](OCc1ccccc1)[C@@H](O)C(O)CO. The minimum atomic E-state index is -1.68. The van der Waals surface area contributed by atoms with Crippen molar-refractivity contribution in [2.24, 2.45) is 0 Å². The minimum Gasteiger partial charge on any atom is -0.479 e.